The molecule has 4 atom stereocenters. The number of carbonyl (C=O) groups excluding carboxylic acids is 4. The van der Waals surface area contributed by atoms with E-state index >= 15 is 0 Å². The van der Waals surface area contributed by atoms with Crippen molar-refractivity contribution in [1.29, 1.82) is 0 Å². The monoisotopic (exact) mass is 1070 g/mol. The average Bonchev–Trinajstić information content (AvgIpc) is 4.01. The molecule has 19 nitrogen and oxygen atoms in total. The van der Waals surface area contributed by atoms with Crippen LogP contribution in [-0.2, 0) is 38.1 Å². The Morgan fingerprint density at radius 1 is 0.829 bits per heavy atom. The second kappa shape index (κ2) is 28.9. The summed E-state index contributed by atoms with van der Waals surface area (Å²) < 4.78 is 37.4. The number of anilines is 2. The van der Waals surface area contributed by atoms with Crippen molar-refractivity contribution in [3.8, 4) is 21.6 Å². The quantitative estimate of drug-likeness (QED) is 0.0282. The predicted octanol–water partition coefficient (Wildman–Crippen LogP) is 6.45. The van der Waals surface area contributed by atoms with Crippen molar-refractivity contribution in [1.82, 2.24) is 40.8 Å². The fourth-order valence-corrected chi connectivity index (χ4v) is 9.56. The van der Waals surface area contributed by atoms with Crippen LogP contribution < -0.4 is 26.6 Å². The summed E-state index contributed by atoms with van der Waals surface area (Å²) >= 11 is 1.57. The lowest BCUT2D eigenvalue weighted by atomic mass is 9.85. The molecule has 0 aliphatic carbocycles. The Morgan fingerprint density at radius 2 is 1.51 bits per heavy atom. The molecule has 6 N–H and O–H groups in total. The number of benzene rings is 2. The predicted molar refractivity (Wildman–Crippen MR) is 291 cm³/mol. The molecule has 2 aromatic carbocycles. The van der Waals surface area contributed by atoms with Crippen LogP contribution in [0, 0.1) is 32.0 Å². The molecule has 76 heavy (non-hydrogen) atoms. The lowest BCUT2D eigenvalue weighted by molar-refractivity contribution is -0.144. The van der Waals surface area contributed by atoms with E-state index in [1.165, 1.54) is 11.0 Å². The standard InChI is InChI=1S/C55H75FN10O9S/c1-34-25-44(56)45(28-42(34)43-26-40-29-59-54(57-8)65-51(40)61-36(43)3)63-47(68)30-58-17-11-9-10-12-18-72-19-20-73-21-22-74-23-24-75-32-48(69)64-50(55(5,6)7)53(71)66-31-41(67)27-46(66)52(70)62-35(2)38-13-15-39(16-14-38)49-37(4)60-33-76-49/h13-16,25-26,28-29,33,35,41,46,50,58,67H,9-12,17-24,27,30-32H2,1-8H3,(H,62,70)(H,63,68)(H,64,69)(H,57,59,61,65)/t35-,41+,46-,50-/m0/s1. The Balaban J connectivity index is 0.764. The van der Waals surface area contributed by atoms with Crippen LogP contribution >= 0.6 is 11.3 Å². The third-order valence-electron chi connectivity index (χ3n) is 12.9. The van der Waals surface area contributed by atoms with Gasteiger partial charge in [-0.05, 0) is 92.9 Å². The minimum absolute atomic E-state index is 0.0264. The lowest BCUT2D eigenvalue weighted by Crippen LogP contribution is -2.58. The normalized spacial score (nSPS) is 15.4. The third-order valence-corrected chi connectivity index (χ3v) is 13.9. The first-order chi connectivity index (χ1) is 36.4. The molecule has 1 aliphatic rings. The molecule has 0 spiro atoms. The van der Waals surface area contributed by atoms with E-state index in [4.69, 9.17) is 18.9 Å². The Kier molecular flexibility index (Phi) is 22.5. The number of rotatable bonds is 29. The number of aryl methyl sites for hydroxylation is 3. The number of hydrogen-bond donors (Lipinski definition) is 6. The van der Waals surface area contributed by atoms with Crippen molar-refractivity contribution < 1.29 is 47.6 Å². The average molecular weight is 1070 g/mol. The molecular weight excluding hydrogens is 996 g/mol. The second-order valence-corrected chi connectivity index (χ2v) is 20.9. The number of unbranched alkanes of at least 4 members (excludes halogenated alkanes) is 3. The number of ether oxygens (including phenoxy) is 4. The van der Waals surface area contributed by atoms with Gasteiger partial charge in [-0.2, -0.15) is 4.98 Å². The zero-order chi connectivity index (χ0) is 54.8. The fourth-order valence-electron chi connectivity index (χ4n) is 8.75. The van der Waals surface area contributed by atoms with Crippen molar-refractivity contribution in [3.63, 3.8) is 0 Å². The number of β-amino-alcohol motifs (C(OH)–C–C–N with tert-alkyl or cyclic N) is 1. The van der Waals surface area contributed by atoms with Crippen LogP contribution in [0.25, 0.3) is 32.6 Å². The number of likely N-dealkylation sites (tertiary alicyclic amines) is 1. The van der Waals surface area contributed by atoms with E-state index in [-0.39, 0.29) is 62.9 Å². The number of aromatic nitrogens is 4. The van der Waals surface area contributed by atoms with Crippen LogP contribution in [-0.4, -0.2) is 151 Å². The first-order valence-electron chi connectivity index (χ1n) is 26.0. The number of thiazole rings is 1. The van der Waals surface area contributed by atoms with Gasteiger partial charge in [0.15, 0.2) is 5.65 Å². The van der Waals surface area contributed by atoms with E-state index in [1.807, 2.05) is 84.3 Å². The number of nitrogens with zero attached hydrogens (tertiary/aromatic N) is 5. The number of pyridine rings is 1. The summed E-state index contributed by atoms with van der Waals surface area (Å²) in [5, 5.41) is 25.9. The fraction of sp³-hybridized carbons (Fsp3) is 0.527. The van der Waals surface area contributed by atoms with E-state index < -0.39 is 41.2 Å². The number of aliphatic hydroxyl groups excluding tert-OH is 1. The summed E-state index contributed by atoms with van der Waals surface area (Å²) in [4.78, 5) is 73.5. The topological polar surface area (TPSA) is 240 Å². The summed E-state index contributed by atoms with van der Waals surface area (Å²) in [6.45, 7) is 16.0. The highest BCUT2D eigenvalue weighted by Crippen LogP contribution is 2.33. The van der Waals surface area contributed by atoms with Gasteiger partial charge in [-0.1, -0.05) is 57.9 Å². The van der Waals surface area contributed by atoms with Crippen molar-refractivity contribution in [2.75, 3.05) is 90.2 Å². The van der Waals surface area contributed by atoms with Gasteiger partial charge in [0, 0.05) is 49.5 Å². The number of carbonyl (C=O) groups is 4. The van der Waals surface area contributed by atoms with Crippen LogP contribution in [0.2, 0.25) is 0 Å². The summed E-state index contributed by atoms with van der Waals surface area (Å²) in [5.41, 5.74) is 7.66. The molecular formula is C55H75FN10O9S. The second-order valence-electron chi connectivity index (χ2n) is 20.0. The number of amides is 4. The number of nitrogens with one attached hydrogen (secondary N) is 5. The van der Waals surface area contributed by atoms with Crippen LogP contribution in [0.4, 0.5) is 16.0 Å². The maximum Gasteiger partial charge on any atom is 0.246 e. The minimum atomic E-state index is -0.976. The number of hydrogen-bond acceptors (Lipinski definition) is 16. The number of aliphatic hydroxyl groups is 1. The summed E-state index contributed by atoms with van der Waals surface area (Å²) in [7, 11) is 1.74. The Bertz CT molecular complexity index is 2720. The largest absolute Gasteiger partial charge is 0.391 e. The minimum Gasteiger partial charge on any atom is -0.391 e. The molecule has 1 saturated heterocycles. The summed E-state index contributed by atoms with van der Waals surface area (Å²) in [5.74, 6) is -1.69. The van der Waals surface area contributed by atoms with Gasteiger partial charge in [-0.3, -0.25) is 19.2 Å². The molecule has 4 heterocycles. The number of halogens is 1. The molecule has 412 valence electrons. The zero-order valence-corrected chi connectivity index (χ0v) is 45.9. The molecule has 6 rings (SSSR count). The van der Waals surface area contributed by atoms with E-state index in [9.17, 15) is 28.7 Å². The van der Waals surface area contributed by atoms with Crippen LogP contribution in [0.3, 0.4) is 0 Å². The number of fused-ring (bicyclic) bond motifs is 1. The maximum absolute atomic E-state index is 15.0. The van der Waals surface area contributed by atoms with Gasteiger partial charge < -0.3 is 55.5 Å². The molecule has 0 unspecified atom stereocenters. The van der Waals surface area contributed by atoms with Crippen molar-refractivity contribution in [2.45, 2.75) is 105 Å². The molecule has 0 radical (unpaired) electrons. The van der Waals surface area contributed by atoms with Gasteiger partial charge in [-0.15, -0.1) is 11.3 Å². The Morgan fingerprint density at radius 3 is 2.18 bits per heavy atom. The SMILES string of the molecule is CNc1ncc2cc(-c3cc(NC(=O)CNCCCCCCOCCOCCOCCOCC(=O)N[C@@H](C(=O)N4C[C@H](O)C[C@H]4C(=O)N[C@@H](C)c4ccc(-c5scnc5C)cc4)C(C)(C)C)c(F)cc3C)c(C)nc2n1. The summed E-state index contributed by atoms with van der Waals surface area (Å²) in [6, 6.07) is 10.7. The Hall–Kier alpha value is -6.07. The summed E-state index contributed by atoms with van der Waals surface area (Å²) in [6.07, 6.45) is 4.60. The van der Waals surface area contributed by atoms with Gasteiger partial charge in [-0.25, -0.2) is 19.3 Å². The lowest BCUT2D eigenvalue weighted by Gasteiger charge is -2.35. The molecule has 1 aliphatic heterocycles. The molecule has 0 bridgehead atoms. The highest BCUT2D eigenvalue weighted by Gasteiger charge is 2.44. The highest BCUT2D eigenvalue weighted by molar-refractivity contribution is 7.13. The zero-order valence-electron chi connectivity index (χ0n) is 45.1. The first-order valence-corrected chi connectivity index (χ1v) is 26.8. The van der Waals surface area contributed by atoms with E-state index in [0.29, 0.717) is 56.7 Å². The van der Waals surface area contributed by atoms with Gasteiger partial charge in [0.05, 0.1) is 80.1 Å². The molecule has 1 fully saturated rings. The van der Waals surface area contributed by atoms with E-state index in [0.717, 1.165) is 69.6 Å². The van der Waals surface area contributed by atoms with Crippen LogP contribution in [0.1, 0.15) is 88.4 Å². The molecule has 5 aromatic rings. The van der Waals surface area contributed by atoms with Crippen LogP contribution in [0.5, 0.6) is 0 Å². The molecule has 0 saturated carbocycles. The third kappa shape index (κ3) is 17.2. The van der Waals surface area contributed by atoms with Crippen molar-refractivity contribution >= 4 is 57.6 Å². The highest BCUT2D eigenvalue weighted by atomic mass is 32.1. The van der Waals surface area contributed by atoms with E-state index in [1.54, 1.807) is 30.6 Å². The molecule has 3 aromatic heterocycles. The van der Waals surface area contributed by atoms with Gasteiger partial charge in [0.1, 0.15) is 24.5 Å². The van der Waals surface area contributed by atoms with Gasteiger partial charge >= 0.3 is 0 Å². The molecule has 21 heteroatoms. The Labute approximate surface area is 448 Å². The first kappa shape index (κ1) is 59.2. The maximum atomic E-state index is 15.0. The van der Waals surface area contributed by atoms with Gasteiger partial charge in [0.25, 0.3) is 0 Å². The van der Waals surface area contributed by atoms with Crippen molar-refractivity contribution in [3.05, 3.63) is 82.5 Å². The van der Waals surface area contributed by atoms with Crippen LogP contribution in [0.15, 0.2) is 54.2 Å². The smallest absolute Gasteiger partial charge is 0.246 e. The van der Waals surface area contributed by atoms with Crippen molar-refractivity contribution in [2.24, 2.45) is 5.41 Å². The van der Waals surface area contributed by atoms with E-state index in [2.05, 4.69) is 46.5 Å². The van der Waals surface area contributed by atoms with Gasteiger partial charge in [0.2, 0.25) is 29.6 Å². The molecule has 4 amide bonds.